The van der Waals surface area contributed by atoms with E-state index in [1.54, 1.807) is 35.9 Å². The molecule has 0 aliphatic carbocycles. The molecule has 3 rings (SSSR count). The lowest BCUT2D eigenvalue weighted by molar-refractivity contribution is -0.122. The molecule has 1 amide bonds. The molecule has 0 aliphatic heterocycles. The predicted molar refractivity (Wildman–Crippen MR) is 103 cm³/mol. The molecule has 1 unspecified atom stereocenters. The molecule has 1 N–H and O–H groups in total. The molecule has 2 aromatic carbocycles. The van der Waals surface area contributed by atoms with Crippen LogP contribution in [0.4, 0.5) is 4.39 Å². The highest BCUT2D eigenvalue weighted by Gasteiger charge is 2.24. The summed E-state index contributed by atoms with van der Waals surface area (Å²) in [5.74, 6) is -0.765. The number of sulfone groups is 1. The molecule has 1 atom stereocenters. The maximum absolute atomic E-state index is 13.2. The molecule has 148 valence electrons. The highest BCUT2D eigenvalue weighted by atomic mass is 32.2. The van der Waals surface area contributed by atoms with E-state index in [2.05, 4.69) is 5.32 Å². The molecule has 0 aliphatic rings. The number of hydrogen-bond acceptors (Lipinski definition) is 4. The first-order valence-electron chi connectivity index (χ1n) is 8.69. The molecule has 3 aromatic rings. The van der Waals surface area contributed by atoms with E-state index in [4.69, 9.17) is 4.74 Å². The standard InChI is InChI=1S/C20H21FN2O4S/c1-14(13-27-2)22-20(24)12-23-11-19(17-5-3-4-6-18(17)23)28(25,26)16-9-7-15(21)8-10-16/h3-11,14H,12-13H2,1-2H3,(H,22,24). The summed E-state index contributed by atoms with van der Waals surface area (Å²) in [5.41, 5.74) is 0.623. The summed E-state index contributed by atoms with van der Waals surface area (Å²) in [5, 5.41) is 3.31. The maximum Gasteiger partial charge on any atom is 0.240 e. The van der Waals surface area contributed by atoms with Crippen molar-refractivity contribution in [2.45, 2.75) is 29.3 Å². The average Bonchev–Trinajstić information content (AvgIpc) is 3.01. The van der Waals surface area contributed by atoms with Crippen LogP contribution in [0.25, 0.3) is 10.9 Å². The number of benzene rings is 2. The minimum atomic E-state index is -3.87. The number of carbonyl (C=O) groups excluding carboxylic acids is 1. The third-order valence-electron chi connectivity index (χ3n) is 4.30. The number of nitrogens with one attached hydrogen (secondary N) is 1. The Labute approximate surface area is 162 Å². The van der Waals surface area contributed by atoms with E-state index in [1.165, 1.54) is 18.3 Å². The number of carbonyl (C=O) groups is 1. The summed E-state index contributed by atoms with van der Waals surface area (Å²) in [6.07, 6.45) is 1.45. The van der Waals surface area contributed by atoms with Gasteiger partial charge in [-0.25, -0.2) is 12.8 Å². The Morgan fingerprint density at radius 2 is 1.86 bits per heavy atom. The van der Waals surface area contributed by atoms with Crippen molar-refractivity contribution in [1.29, 1.82) is 0 Å². The SMILES string of the molecule is COCC(C)NC(=O)Cn1cc(S(=O)(=O)c2ccc(F)cc2)c2ccccc21. The fourth-order valence-electron chi connectivity index (χ4n) is 3.07. The Hall–Kier alpha value is -2.71. The molecule has 8 heteroatoms. The van der Waals surface area contributed by atoms with E-state index in [0.29, 0.717) is 17.5 Å². The molecule has 6 nitrogen and oxygen atoms in total. The van der Waals surface area contributed by atoms with Crippen molar-refractivity contribution < 1.29 is 22.3 Å². The number of rotatable bonds is 7. The van der Waals surface area contributed by atoms with E-state index in [0.717, 1.165) is 12.1 Å². The van der Waals surface area contributed by atoms with Gasteiger partial charge in [0, 0.05) is 30.3 Å². The van der Waals surface area contributed by atoms with E-state index < -0.39 is 15.7 Å². The van der Waals surface area contributed by atoms with Gasteiger partial charge in [-0.1, -0.05) is 18.2 Å². The number of amides is 1. The summed E-state index contributed by atoms with van der Waals surface area (Å²) < 4.78 is 45.9. The number of nitrogens with zero attached hydrogens (tertiary/aromatic N) is 1. The van der Waals surface area contributed by atoms with Gasteiger partial charge in [-0.2, -0.15) is 0 Å². The molecule has 0 saturated heterocycles. The Bertz CT molecular complexity index is 1090. The lowest BCUT2D eigenvalue weighted by Gasteiger charge is -2.13. The first-order chi connectivity index (χ1) is 13.3. The molecular weight excluding hydrogens is 383 g/mol. The summed E-state index contributed by atoms with van der Waals surface area (Å²) in [7, 11) is -2.32. The van der Waals surface area contributed by atoms with Crippen LogP contribution in [0.15, 0.2) is 64.5 Å². The van der Waals surface area contributed by atoms with E-state index in [9.17, 15) is 17.6 Å². The highest BCUT2D eigenvalue weighted by Crippen LogP contribution is 2.30. The van der Waals surface area contributed by atoms with Crippen LogP contribution in [0, 0.1) is 5.82 Å². The van der Waals surface area contributed by atoms with Crippen LogP contribution in [-0.4, -0.2) is 38.7 Å². The van der Waals surface area contributed by atoms with Crippen molar-refractivity contribution in [2.24, 2.45) is 0 Å². The molecule has 0 spiro atoms. The van der Waals surface area contributed by atoms with E-state index in [-0.39, 0.29) is 28.3 Å². The smallest absolute Gasteiger partial charge is 0.240 e. The van der Waals surface area contributed by atoms with Gasteiger partial charge in [0.1, 0.15) is 12.4 Å². The Kier molecular flexibility index (Phi) is 5.81. The lowest BCUT2D eigenvalue weighted by atomic mass is 10.2. The van der Waals surface area contributed by atoms with Gasteiger partial charge < -0.3 is 14.6 Å². The zero-order valence-corrected chi connectivity index (χ0v) is 16.4. The van der Waals surface area contributed by atoms with Crippen molar-refractivity contribution in [3.05, 3.63) is 60.5 Å². The van der Waals surface area contributed by atoms with Crippen molar-refractivity contribution in [3.63, 3.8) is 0 Å². The van der Waals surface area contributed by atoms with Crippen LogP contribution in [-0.2, 0) is 25.9 Å². The number of aromatic nitrogens is 1. The van der Waals surface area contributed by atoms with Gasteiger partial charge in [-0.05, 0) is 37.3 Å². The highest BCUT2D eigenvalue weighted by molar-refractivity contribution is 7.91. The third kappa shape index (κ3) is 4.07. The first-order valence-corrected chi connectivity index (χ1v) is 10.2. The Balaban J connectivity index is 1.99. The zero-order valence-electron chi connectivity index (χ0n) is 15.6. The minimum absolute atomic E-state index is 0.00466. The molecule has 0 saturated carbocycles. The van der Waals surface area contributed by atoms with Crippen molar-refractivity contribution in [1.82, 2.24) is 9.88 Å². The van der Waals surface area contributed by atoms with E-state index >= 15 is 0 Å². The first kappa shape index (κ1) is 20.0. The van der Waals surface area contributed by atoms with Gasteiger partial charge >= 0.3 is 0 Å². The molecule has 0 fully saturated rings. The van der Waals surface area contributed by atoms with Crippen LogP contribution in [0.1, 0.15) is 6.92 Å². The number of fused-ring (bicyclic) bond motifs is 1. The third-order valence-corrected chi connectivity index (χ3v) is 6.10. The largest absolute Gasteiger partial charge is 0.383 e. The second-order valence-corrected chi connectivity index (χ2v) is 8.44. The zero-order chi connectivity index (χ0) is 20.3. The second-order valence-electron chi connectivity index (χ2n) is 6.52. The maximum atomic E-state index is 13.2. The van der Waals surface area contributed by atoms with Gasteiger partial charge in [-0.3, -0.25) is 4.79 Å². The van der Waals surface area contributed by atoms with Gasteiger partial charge in [0.05, 0.1) is 16.4 Å². The lowest BCUT2D eigenvalue weighted by Crippen LogP contribution is -2.37. The van der Waals surface area contributed by atoms with Crippen molar-refractivity contribution in [2.75, 3.05) is 13.7 Å². The van der Waals surface area contributed by atoms with Crippen LogP contribution >= 0.6 is 0 Å². The van der Waals surface area contributed by atoms with E-state index in [1.807, 2.05) is 6.92 Å². The molecule has 1 aromatic heterocycles. The summed E-state index contributed by atoms with van der Waals surface area (Å²) in [6.45, 7) is 2.16. The van der Waals surface area contributed by atoms with Crippen LogP contribution in [0.5, 0.6) is 0 Å². The van der Waals surface area contributed by atoms with Crippen LogP contribution in [0.2, 0.25) is 0 Å². The summed E-state index contributed by atoms with van der Waals surface area (Å²) in [6, 6.07) is 11.5. The monoisotopic (exact) mass is 404 g/mol. The summed E-state index contributed by atoms with van der Waals surface area (Å²) in [4.78, 5) is 12.4. The number of methoxy groups -OCH3 is 1. The average molecular weight is 404 g/mol. The number of para-hydroxylation sites is 1. The van der Waals surface area contributed by atoms with Gasteiger partial charge in [-0.15, -0.1) is 0 Å². The molecule has 28 heavy (non-hydrogen) atoms. The molecule has 0 radical (unpaired) electrons. The molecule has 0 bridgehead atoms. The van der Waals surface area contributed by atoms with Crippen LogP contribution < -0.4 is 5.32 Å². The fraction of sp³-hybridized carbons (Fsp3) is 0.250. The number of hydrogen-bond donors (Lipinski definition) is 1. The Morgan fingerprint density at radius 3 is 2.54 bits per heavy atom. The fourth-order valence-corrected chi connectivity index (χ4v) is 4.54. The Morgan fingerprint density at radius 1 is 1.18 bits per heavy atom. The molecule has 1 heterocycles. The van der Waals surface area contributed by atoms with Gasteiger partial charge in [0.15, 0.2) is 0 Å². The normalized spacial score (nSPS) is 12.8. The van der Waals surface area contributed by atoms with Crippen molar-refractivity contribution in [3.8, 4) is 0 Å². The van der Waals surface area contributed by atoms with Crippen molar-refractivity contribution >= 4 is 26.6 Å². The quantitative estimate of drug-likeness (QED) is 0.615. The van der Waals surface area contributed by atoms with Crippen LogP contribution in [0.3, 0.4) is 0 Å². The topological polar surface area (TPSA) is 77.4 Å². The summed E-state index contributed by atoms with van der Waals surface area (Å²) >= 11 is 0. The number of halogens is 1. The second kappa shape index (κ2) is 8.12. The molecular formula is C20H21FN2O4S. The van der Waals surface area contributed by atoms with Gasteiger partial charge in [0.2, 0.25) is 15.7 Å². The number of ether oxygens (including phenoxy) is 1. The van der Waals surface area contributed by atoms with Gasteiger partial charge in [0.25, 0.3) is 0 Å². The minimum Gasteiger partial charge on any atom is -0.383 e. The predicted octanol–water partition coefficient (Wildman–Crippen LogP) is 2.76.